The number of hydrogen-bond acceptors (Lipinski definition) is 5. The fraction of sp³-hybridized carbons (Fsp3) is 0.538. The number of carbonyl (C=O) groups is 2. The fourth-order valence-corrected chi connectivity index (χ4v) is 2.35. The molecule has 21 heavy (non-hydrogen) atoms. The van der Waals surface area contributed by atoms with Gasteiger partial charge in [-0.3, -0.25) is 4.79 Å². The summed E-state index contributed by atoms with van der Waals surface area (Å²) >= 11 is 0. The van der Waals surface area contributed by atoms with Crippen LogP contribution in [-0.2, 0) is 21.2 Å². The van der Waals surface area contributed by atoms with Crippen molar-refractivity contribution < 1.29 is 27.5 Å². The zero-order valence-corrected chi connectivity index (χ0v) is 13.2. The number of nitrogens with one attached hydrogen (secondary N) is 1. The van der Waals surface area contributed by atoms with E-state index in [0.717, 1.165) is 0 Å². The second kappa shape index (κ2) is 5.88. The molecule has 1 amide bonds. The number of hydrogen-bond donors (Lipinski definition) is 2. The van der Waals surface area contributed by atoms with Crippen molar-refractivity contribution in [1.29, 1.82) is 0 Å². The number of aryl methyl sites for hydroxylation is 1. The standard InChI is InChI=1S/C13H19NO6S/c1-8-10(12(16)17)5-9(20-8)6-14-11(15)7-21(18,19)13(2,3)4/h5H,6-7H2,1-4H3,(H,14,15)(H,16,17). The molecular weight excluding hydrogens is 298 g/mol. The van der Waals surface area contributed by atoms with Crippen LogP contribution in [0.15, 0.2) is 10.5 Å². The monoisotopic (exact) mass is 317 g/mol. The van der Waals surface area contributed by atoms with E-state index in [-0.39, 0.29) is 23.6 Å². The van der Waals surface area contributed by atoms with E-state index in [1.54, 1.807) is 0 Å². The predicted molar refractivity (Wildman–Crippen MR) is 75.8 cm³/mol. The van der Waals surface area contributed by atoms with E-state index in [2.05, 4.69) is 5.32 Å². The summed E-state index contributed by atoms with van der Waals surface area (Å²) in [5.41, 5.74) is 0.0153. The number of carbonyl (C=O) groups excluding carboxylic acids is 1. The van der Waals surface area contributed by atoms with E-state index in [9.17, 15) is 18.0 Å². The number of amides is 1. The van der Waals surface area contributed by atoms with E-state index in [1.807, 2.05) is 0 Å². The molecule has 1 aromatic rings. The Morgan fingerprint density at radius 3 is 2.33 bits per heavy atom. The maximum absolute atomic E-state index is 11.9. The van der Waals surface area contributed by atoms with E-state index in [1.165, 1.54) is 33.8 Å². The number of furan rings is 1. The third-order valence-electron chi connectivity index (χ3n) is 2.91. The normalized spacial score (nSPS) is 12.2. The Morgan fingerprint density at radius 2 is 1.90 bits per heavy atom. The fourth-order valence-electron chi connectivity index (χ4n) is 1.47. The van der Waals surface area contributed by atoms with Crippen molar-refractivity contribution in [2.45, 2.75) is 39.0 Å². The third-order valence-corrected chi connectivity index (χ3v) is 5.42. The van der Waals surface area contributed by atoms with Crippen LogP contribution >= 0.6 is 0 Å². The first-order chi connectivity index (χ1) is 9.44. The SMILES string of the molecule is Cc1oc(CNC(=O)CS(=O)(=O)C(C)(C)C)cc1C(=O)O. The second-order valence-electron chi connectivity index (χ2n) is 5.64. The van der Waals surface area contributed by atoms with E-state index in [0.29, 0.717) is 0 Å². The lowest BCUT2D eigenvalue weighted by atomic mass is 10.2. The van der Waals surface area contributed by atoms with Crippen molar-refractivity contribution in [3.8, 4) is 0 Å². The van der Waals surface area contributed by atoms with Gasteiger partial charge in [0.1, 0.15) is 22.8 Å². The van der Waals surface area contributed by atoms with Gasteiger partial charge in [0.15, 0.2) is 9.84 Å². The molecule has 0 aromatic carbocycles. The second-order valence-corrected chi connectivity index (χ2v) is 8.38. The van der Waals surface area contributed by atoms with Crippen LogP contribution in [0, 0.1) is 6.92 Å². The molecule has 0 spiro atoms. The molecule has 0 radical (unpaired) electrons. The number of carboxylic acid groups (broad SMARTS) is 1. The Labute approximate surface area is 123 Å². The molecule has 118 valence electrons. The van der Waals surface area contributed by atoms with Crippen LogP contribution in [0.5, 0.6) is 0 Å². The van der Waals surface area contributed by atoms with Gasteiger partial charge < -0.3 is 14.8 Å². The third kappa shape index (κ3) is 4.32. The molecule has 0 fully saturated rings. The molecule has 0 bridgehead atoms. The van der Waals surface area contributed by atoms with Crippen LogP contribution < -0.4 is 5.32 Å². The summed E-state index contributed by atoms with van der Waals surface area (Å²) in [7, 11) is -3.55. The Balaban J connectivity index is 2.66. The molecule has 0 atom stereocenters. The molecule has 0 unspecified atom stereocenters. The van der Waals surface area contributed by atoms with Crippen molar-refractivity contribution in [2.24, 2.45) is 0 Å². The lowest BCUT2D eigenvalue weighted by Crippen LogP contribution is -2.38. The van der Waals surface area contributed by atoms with E-state index < -0.39 is 32.2 Å². The average molecular weight is 317 g/mol. The van der Waals surface area contributed by atoms with E-state index >= 15 is 0 Å². The number of sulfone groups is 1. The summed E-state index contributed by atoms with van der Waals surface area (Å²) in [4.78, 5) is 22.5. The van der Waals surface area contributed by atoms with Gasteiger partial charge in [-0.1, -0.05) is 0 Å². The van der Waals surface area contributed by atoms with Crippen molar-refractivity contribution >= 4 is 21.7 Å². The summed E-state index contributed by atoms with van der Waals surface area (Å²) in [5, 5.41) is 11.3. The molecule has 1 aromatic heterocycles. The minimum atomic E-state index is -3.55. The first-order valence-corrected chi connectivity index (χ1v) is 7.91. The van der Waals surface area contributed by atoms with Crippen LogP contribution in [0.3, 0.4) is 0 Å². The highest BCUT2D eigenvalue weighted by atomic mass is 32.2. The molecule has 0 saturated heterocycles. The van der Waals surface area contributed by atoms with Gasteiger partial charge in [-0.25, -0.2) is 13.2 Å². The van der Waals surface area contributed by atoms with Gasteiger partial charge in [-0.2, -0.15) is 0 Å². The maximum atomic E-state index is 11.9. The smallest absolute Gasteiger partial charge is 0.339 e. The van der Waals surface area contributed by atoms with Crippen LogP contribution in [0.1, 0.15) is 42.6 Å². The zero-order chi connectivity index (χ0) is 16.4. The van der Waals surface area contributed by atoms with Gasteiger partial charge in [-0.05, 0) is 33.8 Å². The molecule has 2 N–H and O–H groups in total. The highest BCUT2D eigenvalue weighted by Crippen LogP contribution is 2.16. The Kier molecular flexibility index (Phi) is 4.83. The van der Waals surface area contributed by atoms with Crippen molar-refractivity contribution in [1.82, 2.24) is 5.32 Å². The van der Waals surface area contributed by atoms with Crippen molar-refractivity contribution in [3.63, 3.8) is 0 Å². The maximum Gasteiger partial charge on any atom is 0.339 e. The molecule has 7 nitrogen and oxygen atoms in total. The summed E-state index contributed by atoms with van der Waals surface area (Å²) in [5.74, 6) is -1.91. The van der Waals surface area contributed by atoms with Gasteiger partial charge in [0.2, 0.25) is 5.91 Å². The number of aromatic carboxylic acids is 1. The summed E-state index contributed by atoms with van der Waals surface area (Å²) in [6.45, 7) is 5.99. The molecule has 1 rings (SSSR count). The molecule has 0 aliphatic rings. The summed E-state index contributed by atoms with van der Waals surface area (Å²) in [6, 6.07) is 1.30. The van der Waals surface area contributed by atoms with Crippen molar-refractivity contribution in [2.75, 3.05) is 5.75 Å². The minimum Gasteiger partial charge on any atom is -0.478 e. The van der Waals surface area contributed by atoms with Gasteiger partial charge in [-0.15, -0.1) is 0 Å². The van der Waals surface area contributed by atoms with Crippen LogP contribution in [0.25, 0.3) is 0 Å². The summed E-state index contributed by atoms with van der Waals surface area (Å²) in [6.07, 6.45) is 0. The molecule has 0 aliphatic heterocycles. The molecule has 8 heteroatoms. The molecule has 0 saturated carbocycles. The molecule has 0 aliphatic carbocycles. The largest absolute Gasteiger partial charge is 0.478 e. The van der Waals surface area contributed by atoms with E-state index in [4.69, 9.17) is 9.52 Å². The quantitative estimate of drug-likeness (QED) is 0.841. The number of carboxylic acids is 1. The van der Waals surface area contributed by atoms with Crippen LogP contribution in [0.2, 0.25) is 0 Å². The lowest BCUT2D eigenvalue weighted by molar-refractivity contribution is -0.118. The topological polar surface area (TPSA) is 114 Å². The first kappa shape index (κ1) is 17.2. The van der Waals surface area contributed by atoms with Gasteiger partial charge in [0.05, 0.1) is 11.3 Å². The summed E-state index contributed by atoms with van der Waals surface area (Å²) < 4.78 is 27.9. The highest BCUT2D eigenvalue weighted by molar-refractivity contribution is 7.93. The first-order valence-electron chi connectivity index (χ1n) is 6.25. The van der Waals surface area contributed by atoms with Crippen LogP contribution in [0.4, 0.5) is 0 Å². The number of rotatable bonds is 5. The Morgan fingerprint density at radius 1 is 1.33 bits per heavy atom. The lowest BCUT2D eigenvalue weighted by Gasteiger charge is -2.18. The van der Waals surface area contributed by atoms with Gasteiger partial charge >= 0.3 is 5.97 Å². The van der Waals surface area contributed by atoms with Gasteiger partial charge in [0.25, 0.3) is 0 Å². The predicted octanol–water partition coefficient (Wildman–Crippen LogP) is 1.12. The highest BCUT2D eigenvalue weighted by Gasteiger charge is 2.31. The van der Waals surface area contributed by atoms with Crippen molar-refractivity contribution in [3.05, 3.63) is 23.2 Å². The molecule has 1 heterocycles. The average Bonchev–Trinajstić information content (AvgIpc) is 2.66. The Bertz CT molecular complexity index is 651. The minimum absolute atomic E-state index is 0.0153. The molecular formula is C13H19NO6S. The van der Waals surface area contributed by atoms with Gasteiger partial charge in [0, 0.05) is 0 Å². The zero-order valence-electron chi connectivity index (χ0n) is 12.4. The Hall–Kier alpha value is -1.83. The van der Waals surface area contributed by atoms with Crippen LogP contribution in [-0.4, -0.2) is 35.9 Å².